The molecule has 0 unspecified atom stereocenters. The average Bonchev–Trinajstić information content (AvgIpc) is 3.37. The summed E-state index contributed by atoms with van der Waals surface area (Å²) in [5, 5.41) is 1.90. The number of hydrogen-bond acceptors (Lipinski definition) is 5. The van der Waals surface area contributed by atoms with Crippen LogP contribution >= 0.6 is 11.3 Å². The van der Waals surface area contributed by atoms with Gasteiger partial charge in [0.15, 0.2) is 6.61 Å². The highest BCUT2D eigenvalue weighted by Crippen LogP contribution is 2.32. The number of rotatable bonds is 6. The molecule has 0 aliphatic carbocycles. The first-order chi connectivity index (χ1) is 13.7. The summed E-state index contributed by atoms with van der Waals surface area (Å²) in [5.41, 5.74) is -0.652. The summed E-state index contributed by atoms with van der Waals surface area (Å²) < 4.78 is 48.8. The molecule has 0 aliphatic heterocycles. The maximum atomic E-state index is 12.8. The second-order valence-electron chi connectivity index (χ2n) is 6.15. The number of esters is 1. The normalized spacial score (nSPS) is 11.3. The molecule has 0 saturated carbocycles. The number of alkyl halides is 3. The van der Waals surface area contributed by atoms with E-state index in [0.29, 0.717) is 6.54 Å². The fourth-order valence-electron chi connectivity index (χ4n) is 2.48. The molecule has 152 valence electrons. The van der Waals surface area contributed by atoms with Gasteiger partial charge in [-0.25, -0.2) is 4.79 Å². The predicted octanol–water partition coefficient (Wildman–Crippen LogP) is 4.84. The van der Waals surface area contributed by atoms with Crippen LogP contribution in [-0.4, -0.2) is 30.4 Å². The van der Waals surface area contributed by atoms with Crippen molar-refractivity contribution >= 4 is 23.2 Å². The summed E-state index contributed by atoms with van der Waals surface area (Å²) in [6, 6.07) is 11.0. The van der Waals surface area contributed by atoms with Gasteiger partial charge in [-0.3, -0.25) is 4.79 Å². The second kappa shape index (κ2) is 8.52. The fourth-order valence-corrected chi connectivity index (χ4v) is 3.24. The van der Waals surface area contributed by atoms with E-state index in [1.165, 1.54) is 40.5 Å². The van der Waals surface area contributed by atoms with E-state index in [0.717, 1.165) is 17.0 Å². The molecule has 1 aromatic carbocycles. The van der Waals surface area contributed by atoms with Crippen LogP contribution in [0.5, 0.6) is 0 Å². The molecule has 0 atom stereocenters. The molecule has 3 aromatic rings. The average molecular weight is 423 g/mol. The van der Waals surface area contributed by atoms with Gasteiger partial charge in [0.25, 0.3) is 5.91 Å². The van der Waals surface area contributed by atoms with Crippen LogP contribution in [0, 0.1) is 0 Å². The van der Waals surface area contributed by atoms with Crippen molar-refractivity contribution in [3.63, 3.8) is 0 Å². The zero-order valence-electron chi connectivity index (χ0n) is 15.2. The summed E-state index contributed by atoms with van der Waals surface area (Å²) in [6.07, 6.45) is -4.49. The molecular weight excluding hydrogens is 407 g/mol. The second-order valence-corrected chi connectivity index (χ2v) is 7.18. The van der Waals surface area contributed by atoms with Crippen molar-refractivity contribution in [3.05, 3.63) is 70.1 Å². The summed E-state index contributed by atoms with van der Waals surface area (Å²) in [6.45, 7) is -0.0746. The number of nitrogens with zero attached hydrogens (tertiary/aromatic N) is 1. The monoisotopic (exact) mass is 423 g/mol. The first kappa shape index (κ1) is 20.7. The van der Waals surface area contributed by atoms with Gasteiger partial charge in [-0.1, -0.05) is 18.2 Å². The van der Waals surface area contributed by atoms with Gasteiger partial charge in [0.1, 0.15) is 5.76 Å². The minimum Gasteiger partial charge on any atom is -0.450 e. The zero-order chi connectivity index (χ0) is 21.0. The minimum absolute atomic E-state index is 0.0872. The molecule has 9 heteroatoms. The van der Waals surface area contributed by atoms with Gasteiger partial charge >= 0.3 is 12.1 Å². The maximum absolute atomic E-state index is 12.8. The first-order valence-electron chi connectivity index (χ1n) is 8.45. The molecule has 0 bridgehead atoms. The molecule has 3 rings (SSSR count). The lowest BCUT2D eigenvalue weighted by molar-refractivity contribution is -0.137. The third-order valence-corrected chi connectivity index (χ3v) is 4.87. The Hall–Kier alpha value is -3.07. The van der Waals surface area contributed by atoms with Crippen LogP contribution in [0.1, 0.15) is 21.0 Å². The predicted molar refractivity (Wildman–Crippen MR) is 100 cm³/mol. The fraction of sp³-hybridized carbons (Fsp3) is 0.200. The van der Waals surface area contributed by atoms with Gasteiger partial charge < -0.3 is 14.1 Å². The standard InChI is InChI=1S/C20H16F3NO4S/c1-24(11-15-6-3-9-29-15)18(25)12-27-19(26)17-8-7-16(28-17)13-4-2-5-14(10-13)20(21,22)23/h2-10H,11-12H2,1H3. The Morgan fingerprint density at radius 3 is 2.62 bits per heavy atom. The van der Waals surface area contributed by atoms with Gasteiger partial charge in [0, 0.05) is 17.5 Å². The molecule has 0 radical (unpaired) electrons. The molecular formula is C20H16F3NO4S. The SMILES string of the molecule is CN(Cc1cccs1)C(=O)COC(=O)c1ccc(-c2cccc(C(F)(F)F)c2)o1. The van der Waals surface area contributed by atoms with Crippen molar-refractivity contribution in [1.29, 1.82) is 0 Å². The van der Waals surface area contributed by atoms with E-state index in [9.17, 15) is 22.8 Å². The highest BCUT2D eigenvalue weighted by atomic mass is 32.1. The smallest absolute Gasteiger partial charge is 0.416 e. The Morgan fingerprint density at radius 1 is 1.14 bits per heavy atom. The zero-order valence-corrected chi connectivity index (χ0v) is 16.0. The Balaban J connectivity index is 1.60. The number of benzene rings is 1. The largest absolute Gasteiger partial charge is 0.450 e. The lowest BCUT2D eigenvalue weighted by Crippen LogP contribution is -2.30. The van der Waals surface area contributed by atoms with Crippen LogP contribution in [0.3, 0.4) is 0 Å². The van der Waals surface area contributed by atoms with E-state index in [-0.39, 0.29) is 17.1 Å². The van der Waals surface area contributed by atoms with E-state index < -0.39 is 30.2 Å². The van der Waals surface area contributed by atoms with Gasteiger partial charge in [0.05, 0.1) is 12.1 Å². The number of thiophene rings is 1. The molecule has 1 amide bonds. The van der Waals surface area contributed by atoms with Crippen LogP contribution in [0.4, 0.5) is 13.2 Å². The summed E-state index contributed by atoms with van der Waals surface area (Å²) in [7, 11) is 1.59. The Kier molecular flexibility index (Phi) is 6.07. The van der Waals surface area contributed by atoms with E-state index in [1.54, 1.807) is 7.05 Å². The molecule has 29 heavy (non-hydrogen) atoms. The van der Waals surface area contributed by atoms with Crippen molar-refractivity contribution in [3.8, 4) is 11.3 Å². The third kappa shape index (κ3) is 5.26. The molecule has 2 aromatic heterocycles. The number of carbonyl (C=O) groups excluding carboxylic acids is 2. The van der Waals surface area contributed by atoms with Crippen LogP contribution in [0.15, 0.2) is 58.3 Å². The van der Waals surface area contributed by atoms with E-state index in [4.69, 9.17) is 9.15 Å². The van der Waals surface area contributed by atoms with Gasteiger partial charge in [-0.05, 0) is 35.7 Å². The van der Waals surface area contributed by atoms with Gasteiger partial charge in [0.2, 0.25) is 5.76 Å². The van der Waals surface area contributed by atoms with Crippen molar-refractivity contribution in [2.24, 2.45) is 0 Å². The highest BCUT2D eigenvalue weighted by Gasteiger charge is 2.30. The van der Waals surface area contributed by atoms with Crippen LogP contribution in [0.25, 0.3) is 11.3 Å². The Labute approximate surface area is 168 Å². The molecule has 5 nitrogen and oxygen atoms in total. The molecule has 2 heterocycles. The Morgan fingerprint density at radius 2 is 1.93 bits per heavy atom. The first-order valence-corrected chi connectivity index (χ1v) is 9.33. The third-order valence-electron chi connectivity index (χ3n) is 4.01. The molecule has 0 aliphatic rings. The highest BCUT2D eigenvalue weighted by molar-refractivity contribution is 7.09. The van der Waals surface area contributed by atoms with Crippen LogP contribution < -0.4 is 0 Å². The number of likely N-dealkylation sites (N-methyl/N-ethyl adjacent to an activating group) is 1. The number of carbonyl (C=O) groups is 2. The number of amides is 1. The summed E-state index contributed by atoms with van der Waals surface area (Å²) in [4.78, 5) is 26.6. The topological polar surface area (TPSA) is 59.8 Å². The minimum atomic E-state index is -4.49. The van der Waals surface area contributed by atoms with Gasteiger partial charge in [-0.2, -0.15) is 13.2 Å². The molecule has 0 spiro atoms. The number of ether oxygens (including phenoxy) is 1. The molecule has 0 N–H and O–H groups in total. The summed E-state index contributed by atoms with van der Waals surface area (Å²) >= 11 is 1.51. The van der Waals surface area contributed by atoms with Gasteiger partial charge in [-0.15, -0.1) is 11.3 Å². The number of hydrogen-bond donors (Lipinski definition) is 0. The van der Waals surface area contributed by atoms with Crippen LogP contribution in [0.2, 0.25) is 0 Å². The Bertz CT molecular complexity index is 995. The lowest BCUT2D eigenvalue weighted by atomic mass is 10.1. The van der Waals surface area contributed by atoms with E-state index in [2.05, 4.69) is 0 Å². The number of furan rings is 1. The number of halogens is 3. The lowest BCUT2D eigenvalue weighted by Gasteiger charge is -2.15. The van der Waals surface area contributed by atoms with Crippen molar-refractivity contribution in [1.82, 2.24) is 4.90 Å². The molecule has 0 saturated heterocycles. The summed E-state index contributed by atoms with van der Waals surface area (Å²) in [5.74, 6) is -1.38. The van der Waals surface area contributed by atoms with E-state index in [1.807, 2.05) is 17.5 Å². The maximum Gasteiger partial charge on any atom is 0.416 e. The van der Waals surface area contributed by atoms with Crippen molar-refractivity contribution < 1.29 is 31.9 Å². The quantitative estimate of drug-likeness (QED) is 0.532. The van der Waals surface area contributed by atoms with E-state index >= 15 is 0 Å². The van der Waals surface area contributed by atoms with Crippen molar-refractivity contribution in [2.45, 2.75) is 12.7 Å². The van der Waals surface area contributed by atoms with Crippen LogP contribution in [-0.2, 0) is 22.3 Å². The molecule has 0 fully saturated rings. The van der Waals surface area contributed by atoms with Crippen molar-refractivity contribution in [2.75, 3.05) is 13.7 Å².